The first-order valence-electron chi connectivity index (χ1n) is 14.2. The first-order chi connectivity index (χ1) is 20.8. The molecule has 3 aliphatic carbocycles. The first-order valence-corrected chi connectivity index (χ1v) is 14.2. The number of aliphatic hydroxyl groups excluding tert-OH is 2. The van der Waals surface area contributed by atoms with Crippen LogP contribution in [0, 0.1) is 11.8 Å². The van der Waals surface area contributed by atoms with Crippen molar-refractivity contribution in [2.45, 2.75) is 30.9 Å². The standard InChI is InChI=1S/C32H35N3O9/c1-35(2)25-20-14-17-13-19-18(15-6-4-7-16(12-15)31(42)34-10-5-11-44-3)8-9-21(36)23(19)26(37)22(17)28(39)32(20,43)29(40)24(27(25)38)30(33)41/h4,6-9,12,17,20,25,36,38-39,43H,5,10-11,13-14H2,1-3H3,(H2,33,41)(H,34,42)/t17-,20-,25-,32-/m0/s1. The lowest BCUT2D eigenvalue weighted by Crippen LogP contribution is -2.63. The summed E-state index contributed by atoms with van der Waals surface area (Å²) in [6, 6.07) is 8.73. The molecule has 0 saturated carbocycles. The molecule has 0 spiro atoms. The number of aliphatic hydroxyl groups is 3. The molecule has 232 valence electrons. The van der Waals surface area contributed by atoms with E-state index < -0.39 is 58.0 Å². The number of carbonyl (C=O) groups excluding carboxylic acids is 4. The van der Waals surface area contributed by atoms with Crippen molar-refractivity contribution in [3.05, 3.63) is 75.8 Å². The van der Waals surface area contributed by atoms with E-state index in [2.05, 4.69) is 5.32 Å². The minimum Gasteiger partial charge on any atom is -0.510 e. The Morgan fingerprint density at radius 3 is 2.52 bits per heavy atom. The highest BCUT2D eigenvalue weighted by Crippen LogP contribution is 2.53. The van der Waals surface area contributed by atoms with Crippen LogP contribution in [0.5, 0.6) is 5.75 Å². The Bertz CT molecular complexity index is 1640. The molecule has 0 unspecified atom stereocenters. The number of ether oxygens (including phenoxy) is 1. The number of hydrogen-bond acceptors (Lipinski definition) is 10. The SMILES string of the molecule is COCCCNC(=O)c1cccc(-c2ccc(O)c3c2C[C@H]2C[C@H]4[C@H](N(C)C)C(O)=C(C(N)=O)C(=O)[C@@]4(O)C(O)=C2C3=O)c1. The zero-order chi connectivity index (χ0) is 32.1. The van der Waals surface area contributed by atoms with Gasteiger partial charge in [-0.2, -0.15) is 0 Å². The number of likely N-dealkylation sites (N-methyl/N-ethyl adjacent to an activating group) is 1. The maximum atomic E-state index is 14.0. The lowest BCUT2D eigenvalue weighted by atomic mass is 9.58. The number of nitrogens with two attached hydrogens (primary N) is 1. The lowest BCUT2D eigenvalue weighted by Gasteiger charge is -2.50. The van der Waals surface area contributed by atoms with Crippen molar-refractivity contribution < 1.29 is 44.3 Å². The third kappa shape index (κ3) is 4.75. The van der Waals surface area contributed by atoms with E-state index in [1.165, 1.54) is 11.0 Å². The fraction of sp³-hybridized carbons (Fsp3) is 0.375. The number of rotatable bonds is 8. The number of Topliss-reactive ketones (excluding diaryl/α,β-unsaturated/α-hetero) is 2. The van der Waals surface area contributed by atoms with Crippen LogP contribution in [0.2, 0.25) is 0 Å². The fourth-order valence-corrected chi connectivity index (χ4v) is 6.87. The number of nitrogens with one attached hydrogen (secondary N) is 1. The molecule has 3 aliphatic rings. The first kappa shape index (κ1) is 30.9. The molecule has 12 heteroatoms. The normalized spacial score (nSPS) is 24.6. The fourth-order valence-electron chi connectivity index (χ4n) is 6.87. The molecular weight excluding hydrogens is 570 g/mol. The molecular formula is C32H35N3O9. The molecule has 0 aromatic heterocycles. The van der Waals surface area contributed by atoms with Crippen LogP contribution in [-0.4, -0.2) is 94.7 Å². The van der Waals surface area contributed by atoms with Gasteiger partial charge < -0.3 is 36.2 Å². The molecule has 2 amide bonds. The summed E-state index contributed by atoms with van der Waals surface area (Å²) in [5.41, 5.74) is 3.56. The second-order valence-electron chi connectivity index (χ2n) is 11.6. The van der Waals surface area contributed by atoms with Crippen LogP contribution >= 0.6 is 0 Å². The zero-order valence-electron chi connectivity index (χ0n) is 24.6. The van der Waals surface area contributed by atoms with Crippen molar-refractivity contribution in [3.8, 4) is 16.9 Å². The quantitative estimate of drug-likeness (QED) is 0.190. The van der Waals surface area contributed by atoms with Gasteiger partial charge in [0.25, 0.3) is 11.8 Å². The number of benzene rings is 2. The number of phenols is 1. The van der Waals surface area contributed by atoms with E-state index >= 15 is 0 Å². The van der Waals surface area contributed by atoms with E-state index in [9.17, 15) is 39.6 Å². The van der Waals surface area contributed by atoms with Crippen LogP contribution in [0.4, 0.5) is 0 Å². The van der Waals surface area contributed by atoms with Crippen LogP contribution in [0.15, 0.2) is 59.1 Å². The van der Waals surface area contributed by atoms with Gasteiger partial charge in [0.2, 0.25) is 5.78 Å². The summed E-state index contributed by atoms with van der Waals surface area (Å²) in [6.07, 6.45) is 0.754. The van der Waals surface area contributed by atoms with E-state index in [4.69, 9.17) is 10.5 Å². The van der Waals surface area contributed by atoms with Gasteiger partial charge >= 0.3 is 0 Å². The molecule has 0 heterocycles. The van der Waals surface area contributed by atoms with Crippen molar-refractivity contribution in [2.24, 2.45) is 17.6 Å². The molecule has 0 saturated heterocycles. The zero-order valence-corrected chi connectivity index (χ0v) is 24.6. The van der Waals surface area contributed by atoms with Gasteiger partial charge in [0.05, 0.1) is 11.6 Å². The number of fused-ring (bicyclic) bond motifs is 3. The molecule has 2 aromatic rings. The molecule has 7 N–H and O–H groups in total. The third-order valence-corrected chi connectivity index (χ3v) is 8.85. The van der Waals surface area contributed by atoms with E-state index in [1.807, 2.05) is 0 Å². The van der Waals surface area contributed by atoms with E-state index in [-0.39, 0.29) is 35.6 Å². The Balaban J connectivity index is 1.60. The molecule has 0 radical (unpaired) electrons. The lowest BCUT2D eigenvalue weighted by molar-refractivity contribution is -0.148. The van der Waals surface area contributed by atoms with Gasteiger partial charge in [0, 0.05) is 37.3 Å². The maximum absolute atomic E-state index is 14.0. The minimum absolute atomic E-state index is 0.0230. The second kappa shape index (κ2) is 11.5. The number of amides is 2. The van der Waals surface area contributed by atoms with E-state index in [0.717, 1.165) is 0 Å². The van der Waals surface area contributed by atoms with Gasteiger partial charge in [-0.3, -0.25) is 24.1 Å². The number of nitrogens with zero attached hydrogens (tertiary/aromatic N) is 1. The predicted octanol–water partition coefficient (Wildman–Crippen LogP) is 1.55. The van der Waals surface area contributed by atoms with Gasteiger partial charge in [-0.15, -0.1) is 0 Å². The van der Waals surface area contributed by atoms with Crippen LogP contribution in [0.3, 0.4) is 0 Å². The molecule has 5 rings (SSSR count). The topological polar surface area (TPSA) is 200 Å². The van der Waals surface area contributed by atoms with Crippen molar-refractivity contribution >= 4 is 23.4 Å². The van der Waals surface area contributed by atoms with Crippen LogP contribution in [-0.2, 0) is 20.7 Å². The van der Waals surface area contributed by atoms with E-state index in [1.54, 1.807) is 51.5 Å². The number of phenolic OH excluding ortho intramolecular Hbond substituents is 1. The monoisotopic (exact) mass is 605 g/mol. The third-order valence-electron chi connectivity index (χ3n) is 8.85. The molecule has 0 bridgehead atoms. The average molecular weight is 606 g/mol. The largest absolute Gasteiger partial charge is 0.510 e. The van der Waals surface area contributed by atoms with Crippen LogP contribution in [0.25, 0.3) is 11.1 Å². The Hall–Kier alpha value is -4.52. The molecule has 0 aliphatic heterocycles. The number of ketones is 2. The Labute approximate surface area is 253 Å². The van der Waals surface area contributed by atoms with Crippen molar-refractivity contribution in [1.29, 1.82) is 0 Å². The summed E-state index contributed by atoms with van der Waals surface area (Å²) in [5, 5.41) is 47.8. The van der Waals surface area contributed by atoms with E-state index in [0.29, 0.717) is 41.8 Å². The number of methoxy groups -OCH3 is 1. The summed E-state index contributed by atoms with van der Waals surface area (Å²) in [7, 11) is 4.73. The average Bonchev–Trinajstić information content (AvgIpc) is 2.97. The Morgan fingerprint density at radius 1 is 1.14 bits per heavy atom. The smallest absolute Gasteiger partial charge is 0.255 e. The van der Waals surface area contributed by atoms with Gasteiger partial charge in [-0.1, -0.05) is 18.2 Å². The molecule has 2 aromatic carbocycles. The Morgan fingerprint density at radius 2 is 1.86 bits per heavy atom. The maximum Gasteiger partial charge on any atom is 0.255 e. The summed E-state index contributed by atoms with van der Waals surface area (Å²) in [4.78, 5) is 53.9. The van der Waals surface area contributed by atoms with Crippen molar-refractivity contribution in [3.63, 3.8) is 0 Å². The molecule has 0 fully saturated rings. The number of allylic oxidation sites excluding steroid dienone is 1. The molecule has 4 atom stereocenters. The summed E-state index contributed by atoms with van der Waals surface area (Å²) >= 11 is 0. The van der Waals surface area contributed by atoms with Crippen LogP contribution in [0.1, 0.15) is 39.1 Å². The van der Waals surface area contributed by atoms with Crippen molar-refractivity contribution in [2.75, 3.05) is 34.4 Å². The highest BCUT2D eigenvalue weighted by molar-refractivity contribution is 6.25. The van der Waals surface area contributed by atoms with Gasteiger partial charge in [0.1, 0.15) is 22.8 Å². The number of carbonyl (C=O) groups is 4. The summed E-state index contributed by atoms with van der Waals surface area (Å²) in [6.45, 7) is 0.932. The highest BCUT2D eigenvalue weighted by atomic mass is 16.5. The minimum atomic E-state index is -2.71. The number of primary amides is 1. The van der Waals surface area contributed by atoms with Crippen LogP contribution < -0.4 is 11.1 Å². The van der Waals surface area contributed by atoms with Gasteiger partial charge in [-0.25, -0.2) is 0 Å². The second-order valence-corrected chi connectivity index (χ2v) is 11.6. The summed E-state index contributed by atoms with van der Waals surface area (Å²) in [5.74, 6) is -7.37. The van der Waals surface area contributed by atoms with Gasteiger partial charge in [-0.05, 0) is 74.2 Å². The predicted molar refractivity (Wildman–Crippen MR) is 158 cm³/mol. The molecule has 44 heavy (non-hydrogen) atoms. The van der Waals surface area contributed by atoms with Crippen molar-refractivity contribution in [1.82, 2.24) is 10.2 Å². The Kier molecular flexibility index (Phi) is 8.10. The number of aromatic hydroxyl groups is 1. The highest BCUT2D eigenvalue weighted by Gasteiger charge is 2.63. The number of hydrogen-bond donors (Lipinski definition) is 6. The molecule has 12 nitrogen and oxygen atoms in total. The summed E-state index contributed by atoms with van der Waals surface area (Å²) < 4.78 is 5.01. The van der Waals surface area contributed by atoms with Gasteiger partial charge in [0.15, 0.2) is 11.4 Å².